The van der Waals surface area contributed by atoms with Crippen LogP contribution in [0.3, 0.4) is 0 Å². The summed E-state index contributed by atoms with van der Waals surface area (Å²) in [6.45, 7) is -0.260. The minimum absolute atomic E-state index is 0.235. The summed E-state index contributed by atoms with van der Waals surface area (Å²) in [5.74, 6) is -2.68. The van der Waals surface area contributed by atoms with E-state index in [9.17, 15) is 14.4 Å². The number of hydrogen-bond acceptors (Lipinski definition) is 5. The zero-order chi connectivity index (χ0) is 15.0. The molecule has 0 bridgehead atoms. The number of imide groups is 1. The van der Waals surface area contributed by atoms with Gasteiger partial charge in [-0.15, -0.1) is 5.06 Å². The van der Waals surface area contributed by atoms with E-state index in [2.05, 4.69) is 0 Å². The van der Waals surface area contributed by atoms with Crippen molar-refractivity contribution in [2.45, 2.75) is 6.61 Å². The van der Waals surface area contributed by atoms with E-state index in [0.29, 0.717) is 5.06 Å². The quantitative estimate of drug-likeness (QED) is 0.860. The Balaban J connectivity index is 1.78. The van der Waals surface area contributed by atoms with Crippen molar-refractivity contribution in [3.05, 3.63) is 59.0 Å². The molecule has 0 aliphatic carbocycles. The monoisotopic (exact) mass is 287 g/mol. The Kier molecular flexibility index (Phi) is 3.03. The third-order valence-corrected chi connectivity index (χ3v) is 3.05. The lowest BCUT2D eigenvalue weighted by molar-refractivity contribution is -0.101. The Morgan fingerprint density at radius 3 is 2.33 bits per heavy atom. The summed E-state index contributed by atoms with van der Waals surface area (Å²) in [6, 6.07) is 7.75. The predicted molar refractivity (Wildman–Crippen MR) is 67.4 cm³/mol. The summed E-state index contributed by atoms with van der Waals surface area (Å²) < 4.78 is 4.79. The number of furan rings is 1. The third kappa shape index (κ3) is 2.09. The van der Waals surface area contributed by atoms with Crippen LogP contribution in [-0.2, 0) is 11.4 Å². The van der Waals surface area contributed by atoms with E-state index >= 15 is 0 Å². The average Bonchev–Trinajstić information content (AvgIpc) is 3.03. The number of carbonyl (C=O) groups excluding carboxylic acids is 2. The number of amides is 2. The van der Waals surface area contributed by atoms with Crippen LogP contribution in [-0.4, -0.2) is 28.0 Å². The molecule has 0 fully saturated rings. The molecule has 2 aromatic rings. The van der Waals surface area contributed by atoms with Gasteiger partial charge in [-0.1, -0.05) is 12.1 Å². The number of fused-ring (bicyclic) bond motifs is 1. The van der Waals surface area contributed by atoms with Crippen molar-refractivity contribution in [2.75, 3.05) is 0 Å². The second-order valence-electron chi connectivity index (χ2n) is 4.30. The molecule has 1 aliphatic rings. The van der Waals surface area contributed by atoms with Crippen molar-refractivity contribution in [3.63, 3.8) is 0 Å². The highest BCUT2D eigenvalue weighted by Crippen LogP contribution is 2.23. The summed E-state index contributed by atoms with van der Waals surface area (Å²) in [4.78, 5) is 40.1. The summed E-state index contributed by atoms with van der Waals surface area (Å²) >= 11 is 0. The number of carboxylic acids is 1. The van der Waals surface area contributed by atoms with Crippen molar-refractivity contribution in [2.24, 2.45) is 0 Å². The topological polar surface area (TPSA) is 97.1 Å². The van der Waals surface area contributed by atoms with Crippen LogP contribution >= 0.6 is 0 Å². The van der Waals surface area contributed by atoms with Gasteiger partial charge >= 0.3 is 5.97 Å². The minimum atomic E-state index is -1.25. The molecule has 7 heteroatoms. The Hall–Kier alpha value is -2.93. The Morgan fingerprint density at radius 2 is 1.76 bits per heavy atom. The molecule has 2 heterocycles. The first kappa shape index (κ1) is 13.1. The van der Waals surface area contributed by atoms with Gasteiger partial charge in [0.05, 0.1) is 17.4 Å². The van der Waals surface area contributed by atoms with Gasteiger partial charge in [-0.25, -0.2) is 4.79 Å². The van der Waals surface area contributed by atoms with Crippen molar-refractivity contribution in [3.8, 4) is 0 Å². The molecule has 106 valence electrons. The Labute approximate surface area is 118 Å². The maximum Gasteiger partial charge on any atom is 0.372 e. The first-order valence-electron chi connectivity index (χ1n) is 6.00. The second kappa shape index (κ2) is 4.88. The number of carbonyl (C=O) groups is 3. The van der Waals surface area contributed by atoms with Gasteiger partial charge < -0.3 is 9.52 Å². The summed E-state index contributed by atoms with van der Waals surface area (Å²) in [7, 11) is 0. The maximum atomic E-state index is 12.0. The lowest BCUT2D eigenvalue weighted by Gasteiger charge is -2.12. The maximum absolute atomic E-state index is 12.0. The zero-order valence-electron chi connectivity index (χ0n) is 10.6. The molecule has 2 amide bonds. The Morgan fingerprint density at radius 1 is 1.14 bits per heavy atom. The number of hydrogen-bond donors (Lipinski definition) is 1. The second-order valence-corrected chi connectivity index (χ2v) is 4.30. The summed E-state index contributed by atoms with van der Waals surface area (Å²) in [5.41, 5.74) is 0.750. The summed E-state index contributed by atoms with van der Waals surface area (Å²) in [5, 5.41) is 9.52. The molecule has 3 rings (SSSR count). The number of benzene rings is 1. The van der Waals surface area contributed by atoms with E-state index in [0.717, 1.165) is 0 Å². The molecule has 0 radical (unpaired) electrons. The number of aromatic carboxylic acids is 1. The van der Waals surface area contributed by atoms with Crippen molar-refractivity contribution in [1.82, 2.24) is 5.06 Å². The molecule has 21 heavy (non-hydrogen) atoms. The molecule has 1 aromatic heterocycles. The Bertz CT molecular complexity index is 712. The van der Waals surface area contributed by atoms with Gasteiger partial charge in [-0.2, -0.15) is 0 Å². The van der Waals surface area contributed by atoms with Crippen LogP contribution in [0.4, 0.5) is 0 Å². The SMILES string of the molecule is O=C(O)c1occc1CON1C(=O)c2ccccc2C1=O. The molecule has 1 aromatic carbocycles. The van der Waals surface area contributed by atoms with E-state index < -0.39 is 17.8 Å². The van der Waals surface area contributed by atoms with E-state index in [1.807, 2.05) is 0 Å². The molecule has 1 N–H and O–H groups in total. The molecular weight excluding hydrogens is 278 g/mol. The molecule has 1 aliphatic heterocycles. The van der Waals surface area contributed by atoms with Gasteiger partial charge in [0.2, 0.25) is 5.76 Å². The fourth-order valence-electron chi connectivity index (χ4n) is 2.06. The highest BCUT2D eigenvalue weighted by atomic mass is 16.7. The first-order valence-corrected chi connectivity index (χ1v) is 6.00. The van der Waals surface area contributed by atoms with Gasteiger partial charge in [0.1, 0.15) is 6.61 Å². The predicted octanol–water partition coefficient (Wildman–Crippen LogP) is 1.71. The zero-order valence-corrected chi connectivity index (χ0v) is 10.6. The van der Waals surface area contributed by atoms with Crippen molar-refractivity contribution >= 4 is 17.8 Å². The molecule has 7 nitrogen and oxygen atoms in total. The van der Waals surface area contributed by atoms with Gasteiger partial charge in [0, 0.05) is 5.56 Å². The standard InChI is InChI=1S/C14H9NO6/c16-12-9-3-1-2-4-10(9)13(17)15(12)21-7-8-5-6-20-11(8)14(18)19/h1-6H,7H2,(H,18,19). The number of carboxylic acid groups (broad SMARTS) is 1. The van der Waals surface area contributed by atoms with E-state index in [1.165, 1.54) is 24.5 Å². The molecule has 0 saturated carbocycles. The van der Waals surface area contributed by atoms with Gasteiger partial charge in [-0.05, 0) is 18.2 Å². The highest BCUT2D eigenvalue weighted by Gasteiger charge is 2.36. The fourth-order valence-corrected chi connectivity index (χ4v) is 2.06. The van der Waals surface area contributed by atoms with Crippen LogP contribution in [0, 0.1) is 0 Å². The summed E-state index contributed by atoms with van der Waals surface area (Å²) in [6.07, 6.45) is 1.20. The van der Waals surface area contributed by atoms with Gasteiger partial charge in [-0.3, -0.25) is 14.4 Å². The normalized spacial score (nSPS) is 13.6. The van der Waals surface area contributed by atoms with Crippen LogP contribution in [0.25, 0.3) is 0 Å². The average molecular weight is 287 g/mol. The smallest absolute Gasteiger partial charge is 0.372 e. The van der Waals surface area contributed by atoms with Crippen LogP contribution in [0.2, 0.25) is 0 Å². The van der Waals surface area contributed by atoms with Gasteiger partial charge in [0.15, 0.2) is 0 Å². The molecule has 0 unspecified atom stereocenters. The molecule has 0 spiro atoms. The number of rotatable bonds is 4. The van der Waals surface area contributed by atoms with Crippen molar-refractivity contribution in [1.29, 1.82) is 0 Å². The first-order chi connectivity index (χ1) is 10.1. The lowest BCUT2D eigenvalue weighted by atomic mass is 10.1. The lowest BCUT2D eigenvalue weighted by Crippen LogP contribution is -2.29. The fraction of sp³-hybridized carbons (Fsp3) is 0.0714. The largest absolute Gasteiger partial charge is 0.475 e. The van der Waals surface area contributed by atoms with E-state index in [4.69, 9.17) is 14.4 Å². The van der Waals surface area contributed by atoms with E-state index in [-0.39, 0.29) is 29.1 Å². The van der Waals surface area contributed by atoms with Crippen LogP contribution < -0.4 is 0 Å². The molecular formula is C14H9NO6. The van der Waals surface area contributed by atoms with Crippen molar-refractivity contribution < 1.29 is 28.7 Å². The van der Waals surface area contributed by atoms with Crippen LogP contribution in [0.15, 0.2) is 41.0 Å². The molecule has 0 atom stereocenters. The van der Waals surface area contributed by atoms with Gasteiger partial charge in [0.25, 0.3) is 11.8 Å². The third-order valence-electron chi connectivity index (χ3n) is 3.05. The van der Waals surface area contributed by atoms with E-state index in [1.54, 1.807) is 12.1 Å². The van der Waals surface area contributed by atoms with Crippen LogP contribution in [0.5, 0.6) is 0 Å². The minimum Gasteiger partial charge on any atom is -0.475 e. The van der Waals surface area contributed by atoms with Crippen LogP contribution in [0.1, 0.15) is 36.8 Å². The number of nitrogens with zero attached hydrogens (tertiary/aromatic N) is 1. The highest BCUT2D eigenvalue weighted by molar-refractivity contribution is 6.20. The number of hydroxylamine groups is 2. The molecule has 0 saturated heterocycles.